The summed E-state index contributed by atoms with van der Waals surface area (Å²) in [5.41, 5.74) is 1.17. The quantitative estimate of drug-likeness (QED) is 0.753. The Morgan fingerprint density at radius 3 is 2.64 bits per heavy atom. The van der Waals surface area contributed by atoms with Crippen molar-refractivity contribution in [3.05, 3.63) is 35.9 Å². The van der Waals surface area contributed by atoms with Crippen LogP contribution in [-0.2, 0) is 19.6 Å². The standard InChI is InChI=1S/C17H25N3O4S/c21-17(16-7-6-15(19-16)14-4-2-1-3-5-14)18-8-13-25(22,23)20-9-11-24-12-10-20/h1-5,15-16,19H,6-13H2,(H,18,21)/t15-,16-/m1/s1. The van der Waals surface area contributed by atoms with Gasteiger partial charge in [-0.2, -0.15) is 4.31 Å². The van der Waals surface area contributed by atoms with E-state index in [2.05, 4.69) is 10.6 Å². The lowest BCUT2D eigenvalue weighted by Gasteiger charge is -2.26. The molecule has 1 aromatic carbocycles. The number of carbonyl (C=O) groups is 1. The number of carbonyl (C=O) groups excluding carboxylic acids is 1. The Balaban J connectivity index is 1.44. The van der Waals surface area contributed by atoms with Gasteiger partial charge >= 0.3 is 0 Å². The minimum Gasteiger partial charge on any atom is -0.379 e. The van der Waals surface area contributed by atoms with Gasteiger partial charge in [-0.15, -0.1) is 0 Å². The van der Waals surface area contributed by atoms with Crippen LogP contribution >= 0.6 is 0 Å². The van der Waals surface area contributed by atoms with Crippen LogP contribution in [0.3, 0.4) is 0 Å². The first-order valence-electron chi connectivity index (χ1n) is 8.70. The van der Waals surface area contributed by atoms with Crippen LogP contribution in [-0.4, -0.2) is 63.3 Å². The van der Waals surface area contributed by atoms with Gasteiger partial charge < -0.3 is 10.1 Å². The highest BCUT2D eigenvalue weighted by molar-refractivity contribution is 7.89. The summed E-state index contributed by atoms with van der Waals surface area (Å²) in [4.78, 5) is 12.3. The third-order valence-electron chi connectivity index (χ3n) is 4.69. The molecule has 2 heterocycles. The van der Waals surface area contributed by atoms with E-state index in [1.165, 1.54) is 9.87 Å². The number of nitrogens with zero attached hydrogens (tertiary/aromatic N) is 1. The number of morpholine rings is 1. The average molecular weight is 367 g/mol. The van der Waals surface area contributed by atoms with Gasteiger partial charge in [0.1, 0.15) is 0 Å². The van der Waals surface area contributed by atoms with Crippen molar-refractivity contribution in [2.45, 2.75) is 24.9 Å². The average Bonchev–Trinajstić information content (AvgIpc) is 3.13. The molecule has 8 heteroatoms. The Hall–Kier alpha value is -1.48. The van der Waals surface area contributed by atoms with Gasteiger partial charge in [0, 0.05) is 25.7 Å². The molecule has 25 heavy (non-hydrogen) atoms. The van der Waals surface area contributed by atoms with Crippen LogP contribution in [0, 0.1) is 0 Å². The zero-order valence-electron chi connectivity index (χ0n) is 14.2. The van der Waals surface area contributed by atoms with Gasteiger partial charge in [0.2, 0.25) is 15.9 Å². The molecule has 0 aliphatic carbocycles. The smallest absolute Gasteiger partial charge is 0.237 e. The minimum absolute atomic E-state index is 0.0758. The molecule has 0 unspecified atom stereocenters. The summed E-state index contributed by atoms with van der Waals surface area (Å²) < 4.78 is 31.1. The molecule has 2 saturated heterocycles. The Morgan fingerprint density at radius 2 is 1.92 bits per heavy atom. The third-order valence-corrected chi connectivity index (χ3v) is 6.56. The molecule has 2 atom stereocenters. The van der Waals surface area contributed by atoms with Crippen LogP contribution in [0.5, 0.6) is 0 Å². The van der Waals surface area contributed by atoms with Crippen molar-refractivity contribution in [2.24, 2.45) is 0 Å². The van der Waals surface area contributed by atoms with E-state index < -0.39 is 10.0 Å². The van der Waals surface area contributed by atoms with Crippen LogP contribution in [0.1, 0.15) is 24.4 Å². The molecule has 0 bridgehead atoms. The molecule has 1 amide bonds. The van der Waals surface area contributed by atoms with E-state index >= 15 is 0 Å². The topological polar surface area (TPSA) is 87.7 Å². The molecular formula is C17H25N3O4S. The maximum atomic E-state index is 12.3. The first-order chi connectivity index (χ1) is 12.1. The molecule has 0 radical (unpaired) electrons. The van der Waals surface area contributed by atoms with E-state index in [0.29, 0.717) is 26.3 Å². The Morgan fingerprint density at radius 1 is 1.20 bits per heavy atom. The molecule has 0 aromatic heterocycles. The summed E-state index contributed by atoms with van der Waals surface area (Å²) >= 11 is 0. The predicted molar refractivity (Wildman–Crippen MR) is 94.5 cm³/mol. The number of rotatable bonds is 6. The maximum Gasteiger partial charge on any atom is 0.237 e. The van der Waals surface area contributed by atoms with E-state index in [-0.39, 0.29) is 30.3 Å². The van der Waals surface area contributed by atoms with E-state index in [0.717, 1.165) is 12.8 Å². The van der Waals surface area contributed by atoms with Gasteiger partial charge in [0.25, 0.3) is 0 Å². The molecule has 1 aromatic rings. The second-order valence-corrected chi connectivity index (χ2v) is 8.47. The first kappa shape index (κ1) is 18.3. The van der Waals surface area contributed by atoms with Crippen molar-refractivity contribution in [1.82, 2.24) is 14.9 Å². The van der Waals surface area contributed by atoms with Gasteiger partial charge in [0.15, 0.2) is 0 Å². The molecule has 2 aliphatic rings. The van der Waals surface area contributed by atoms with Crippen molar-refractivity contribution < 1.29 is 17.9 Å². The second kappa shape index (κ2) is 8.27. The Kier molecular flexibility index (Phi) is 6.06. The van der Waals surface area contributed by atoms with Crippen LogP contribution in [0.4, 0.5) is 0 Å². The number of amides is 1. The normalized spacial score (nSPS) is 25.0. The van der Waals surface area contributed by atoms with Gasteiger partial charge in [-0.3, -0.25) is 10.1 Å². The number of ether oxygens (including phenoxy) is 1. The zero-order chi connectivity index (χ0) is 17.7. The number of benzene rings is 1. The van der Waals surface area contributed by atoms with Gasteiger partial charge in [-0.05, 0) is 18.4 Å². The summed E-state index contributed by atoms with van der Waals surface area (Å²) in [7, 11) is -3.34. The highest BCUT2D eigenvalue weighted by Gasteiger charge is 2.30. The van der Waals surface area contributed by atoms with Crippen molar-refractivity contribution in [1.29, 1.82) is 0 Å². The largest absolute Gasteiger partial charge is 0.379 e. The first-order valence-corrected chi connectivity index (χ1v) is 10.3. The maximum absolute atomic E-state index is 12.3. The van der Waals surface area contributed by atoms with Crippen molar-refractivity contribution in [2.75, 3.05) is 38.6 Å². The van der Waals surface area contributed by atoms with Crippen molar-refractivity contribution in [3.8, 4) is 0 Å². The summed E-state index contributed by atoms with van der Waals surface area (Å²) in [6.07, 6.45) is 1.65. The molecule has 2 fully saturated rings. The molecule has 2 N–H and O–H groups in total. The Bertz CT molecular complexity index is 674. The number of sulfonamides is 1. The monoisotopic (exact) mass is 367 g/mol. The number of nitrogens with one attached hydrogen (secondary N) is 2. The molecular weight excluding hydrogens is 342 g/mol. The van der Waals surface area contributed by atoms with E-state index in [1.54, 1.807) is 0 Å². The van der Waals surface area contributed by atoms with E-state index in [4.69, 9.17) is 4.74 Å². The molecule has 0 saturated carbocycles. The highest BCUT2D eigenvalue weighted by Crippen LogP contribution is 2.26. The van der Waals surface area contributed by atoms with Crippen molar-refractivity contribution in [3.63, 3.8) is 0 Å². The zero-order valence-corrected chi connectivity index (χ0v) is 15.0. The molecule has 7 nitrogen and oxygen atoms in total. The van der Waals surface area contributed by atoms with Crippen LogP contribution in [0.15, 0.2) is 30.3 Å². The lowest BCUT2D eigenvalue weighted by atomic mass is 10.1. The number of hydrogen-bond acceptors (Lipinski definition) is 5. The van der Waals surface area contributed by atoms with Gasteiger partial charge in [0.05, 0.1) is 25.0 Å². The van der Waals surface area contributed by atoms with Crippen LogP contribution in [0.2, 0.25) is 0 Å². The molecule has 2 aliphatic heterocycles. The van der Waals surface area contributed by atoms with Crippen molar-refractivity contribution >= 4 is 15.9 Å². The van der Waals surface area contributed by atoms with E-state index in [1.807, 2.05) is 30.3 Å². The van der Waals surface area contributed by atoms with Gasteiger partial charge in [-0.1, -0.05) is 30.3 Å². The van der Waals surface area contributed by atoms with E-state index in [9.17, 15) is 13.2 Å². The van der Waals surface area contributed by atoms with Crippen LogP contribution in [0.25, 0.3) is 0 Å². The summed E-state index contributed by atoms with van der Waals surface area (Å²) in [6, 6.07) is 9.95. The summed E-state index contributed by atoms with van der Waals surface area (Å²) in [5, 5.41) is 6.08. The minimum atomic E-state index is -3.34. The third kappa shape index (κ3) is 4.78. The summed E-state index contributed by atoms with van der Waals surface area (Å²) in [6.45, 7) is 1.77. The Labute approximate surface area is 148 Å². The fourth-order valence-corrected chi connectivity index (χ4v) is 4.60. The van der Waals surface area contributed by atoms with Crippen LogP contribution < -0.4 is 10.6 Å². The molecule has 3 rings (SSSR count). The predicted octanol–water partition coefficient (Wildman–Crippen LogP) is 0.258. The lowest BCUT2D eigenvalue weighted by Crippen LogP contribution is -2.46. The second-order valence-electron chi connectivity index (χ2n) is 6.38. The fraction of sp³-hybridized carbons (Fsp3) is 0.588. The highest BCUT2D eigenvalue weighted by atomic mass is 32.2. The SMILES string of the molecule is O=C(NCCS(=O)(=O)N1CCOCC1)[C@H]1CC[C@H](c2ccccc2)N1. The number of hydrogen-bond donors (Lipinski definition) is 2. The summed E-state index contributed by atoms with van der Waals surface area (Å²) in [5.74, 6) is -0.205. The van der Waals surface area contributed by atoms with Gasteiger partial charge in [-0.25, -0.2) is 8.42 Å². The molecule has 0 spiro atoms. The lowest BCUT2D eigenvalue weighted by molar-refractivity contribution is -0.122. The fourth-order valence-electron chi connectivity index (χ4n) is 3.28. The molecule has 138 valence electrons.